The lowest BCUT2D eigenvalue weighted by atomic mass is 10.1. The highest BCUT2D eigenvalue weighted by molar-refractivity contribution is 9.10. The van der Waals surface area contributed by atoms with Crippen LogP contribution in [0.4, 0.5) is 0 Å². The summed E-state index contributed by atoms with van der Waals surface area (Å²) in [6.07, 6.45) is 1.26. The number of aliphatic hydroxyl groups is 1. The molecule has 0 amide bonds. The molecule has 17 heavy (non-hydrogen) atoms. The van der Waals surface area contributed by atoms with Crippen LogP contribution in [0.25, 0.3) is 0 Å². The van der Waals surface area contributed by atoms with E-state index < -0.39 is 4.51 Å². The Bertz CT molecular complexity index is 397. The molecule has 0 aliphatic heterocycles. The number of halogens is 1. The van der Waals surface area contributed by atoms with E-state index in [-0.39, 0.29) is 12.4 Å². The molecule has 0 heterocycles. The van der Waals surface area contributed by atoms with Gasteiger partial charge in [0.15, 0.2) is 10.8 Å². The first kappa shape index (κ1) is 13.9. The van der Waals surface area contributed by atoms with Gasteiger partial charge < -0.3 is 9.84 Å². The zero-order chi connectivity index (χ0) is 12.9. The maximum atomic E-state index is 11.2. The van der Waals surface area contributed by atoms with E-state index in [2.05, 4.69) is 20.7 Å². The normalized spacial score (nSPS) is 13.8. The van der Waals surface area contributed by atoms with Crippen molar-refractivity contribution in [2.24, 2.45) is 0 Å². The number of aryl methyl sites for hydroxylation is 1. The average Bonchev–Trinajstić information content (AvgIpc) is 2.36. The third-order valence-corrected chi connectivity index (χ3v) is 2.90. The fourth-order valence-corrected chi connectivity index (χ4v) is 1.50. The topological polar surface area (TPSA) is 63.6 Å². The van der Waals surface area contributed by atoms with Crippen LogP contribution < -0.4 is 0 Å². The Labute approximate surface area is 108 Å². The van der Waals surface area contributed by atoms with E-state index in [9.17, 15) is 14.7 Å². The van der Waals surface area contributed by atoms with Gasteiger partial charge in [-0.1, -0.05) is 12.1 Å². The van der Waals surface area contributed by atoms with Gasteiger partial charge in [-0.3, -0.25) is 4.79 Å². The largest absolute Gasteiger partial charge is 0.465 e. The van der Waals surface area contributed by atoms with Crippen molar-refractivity contribution in [3.63, 3.8) is 0 Å². The molecule has 1 rings (SSSR count). The first-order chi connectivity index (χ1) is 7.98. The number of methoxy groups -OCH3 is 1. The van der Waals surface area contributed by atoms with E-state index in [0.717, 1.165) is 5.56 Å². The molecule has 1 aromatic carbocycles. The minimum absolute atomic E-state index is 0.272. The summed E-state index contributed by atoms with van der Waals surface area (Å²) in [6, 6.07) is 6.82. The lowest BCUT2D eigenvalue weighted by molar-refractivity contribution is -0.116. The second-order valence-corrected chi connectivity index (χ2v) is 5.00. The minimum atomic E-state index is -1.48. The molecular weight excluding hydrogens is 288 g/mol. The summed E-state index contributed by atoms with van der Waals surface area (Å²) in [5, 5.41) is 9.44. The summed E-state index contributed by atoms with van der Waals surface area (Å²) in [4.78, 5) is 21.6. The molecule has 0 aromatic heterocycles. The monoisotopic (exact) mass is 300 g/mol. The molecule has 0 saturated carbocycles. The molecule has 0 aliphatic rings. The number of aldehydes is 1. The van der Waals surface area contributed by atoms with E-state index in [4.69, 9.17) is 0 Å². The van der Waals surface area contributed by atoms with Gasteiger partial charge in [0, 0.05) is 0 Å². The SMILES string of the molecule is COC(=O)c1ccc(CCC(O)(Br)C=O)cc1. The Morgan fingerprint density at radius 2 is 2.06 bits per heavy atom. The van der Waals surface area contributed by atoms with Crippen molar-refractivity contribution >= 4 is 28.2 Å². The second-order valence-electron chi connectivity index (χ2n) is 3.62. The van der Waals surface area contributed by atoms with Gasteiger partial charge in [-0.2, -0.15) is 0 Å². The summed E-state index contributed by atoms with van der Waals surface area (Å²) in [6.45, 7) is 0. The lowest BCUT2D eigenvalue weighted by Gasteiger charge is -2.12. The van der Waals surface area contributed by atoms with Crippen LogP contribution >= 0.6 is 15.9 Å². The smallest absolute Gasteiger partial charge is 0.337 e. The highest BCUT2D eigenvalue weighted by atomic mass is 79.9. The number of esters is 1. The number of hydrogen-bond acceptors (Lipinski definition) is 4. The van der Waals surface area contributed by atoms with Crippen molar-refractivity contribution in [3.8, 4) is 0 Å². The zero-order valence-electron chi connectivity index (χ0n) is 9.35. The Morgan fingerprint density at radius 1 is 1.47 bits per heavy atom. The fourth-order valence-electron chi connectivity index (χ4n) is 1.30. The number of benzene rings is 1. The Morgan fingerprint density at radius 3 is 2.53 bits per heavy atom. The minimum Gasteiger partial charge on any atom is -0.465 e. The predicted molar refractivity (Wildman–Crippen MR) is 66.0 cm³/mol. The van der Waals surface area contributed by atoms with Crippen molar-refractivity contribution in [2.45, 2.75) is 17.4 Å². The number of alkyl halides is 1. The van der Waals surface area contributed by atoms with Gasteiger partial charge in [-0.15, -0.1) is 0 Å². The number of carbonyl (C=O) groups excluding carboxylic acids is 2. The van der Waals surface area contributed by atoms with Crippen LogP contribution in [0.5, 0.6) is 0 Å². The van der Waals surface area contributed by atoms with E-state index in [1.807, 2.05) is 0 Å². The van der Waals surface area contributed by atoms with Gasteiger partial charge in [-0.05, 0) is 46.5 Å². The number of ether oxygens (including phenoxy) is 1. The molecule has 4 nitrogen and oxygen atoms in total. The van der Waals surface area contributed by atoms with Gasteiger partial charge in [-0.25, -0.2) is 4.79 Å². The van der Waals surface area contributed by atoms with Crippen molar-refractivity contribution in [2.75, 3.05) is 7.11 Å². The molecule has 5 heteroatoms. The maximum absolute atomic E-state index is 11.2. The molecule has 0 spiro atoms. The number of hydrogen-bond donors (Lipinski definition) is 1. The van der Waals surface area contributed by atoms with Gasteiger partial charge in [0.1, 0.15) is 0 Å². The number of carbonyl (C=O) groups is 2. The average molecular weight is 301 g/mol. The quantitative estimate of drug-likeness (QED) is 0.511. The first-order valence-corrected chi connectivity index (χ1v) is 5.82. The molecule has 92 valence electrons. The van der Waals surface area contributed by atoms with Crippen LogP contribution in [-0.2, 0) is 16.0 Å². The maximum Gasteiger partial charge on any atom is 0.337 e. The third-order valence-electron chi connectivity index (χ3n) is 2.32. The summed E-state index contributed by atoms with van der Waals surface area (Å²) in [7, 11) is 1.32. The van der Waals surface area contributed by atoms with Crippen LogP contribution in [0.2, 0.25) is 0 Å². The van der Waals surface area contributed by atoms with Crippen LogP contribution in [-0.4, -0.2) is 29.0 Å². The Kier molecular flexibility index (Phi) is 4.84. The van der Waals surface area contributed by atoms with Crippen LogP contribution in [0.1, 0.15) is 22.3 Å². The van der Waals surface area contributed by atoms with E-state index in [1.165, 1.54) is 7.11 Å². The van der Waals surface area contributed by atoms with Crippen LogP contribution in [0.15, 0.2) is 24.3 Å². The first-order valence-electron chi connectivity index (χ1n) is 5.03. The van der Waals surface area contributed by atoms with Crippen LogP contribution in [0.3, 0.4) is 0 Å². The molecule has 0 aliphatic carbocycles. The molecule has 0 fully saturated rings. The van der Waals surface area contributed by atoms with Crippen molar-refractivity contribution in [1.82, 2.24) is 0 Å². The van der Waals surface area contributed by atoms with E-state index in [1.54, 1.807) is 24.3 Å². The molecule has 1 aromatic rings. The van der Waals surface area contributed by atoms with Gasteiger partial charge in [0.25, 0.3) is 0 Å². The lowest BCUT2D eigenvalue weighted by Crippen LogP contribution is -2.22. The molecule has 0 bridgehead atoms. The molecule has 1 atom stereocenters. The summed E-state index contributed by atoms with van der Waals surface area (Å²) in [5.41, 5.74) is 1.40. The Hall–Kier alpha value is -1.20. The van der Waals surface area contributed by atoms with Crippen molar-refractivity contribution < 1.29 is 19.4 Å². The van der Waals surface area contributed by atoms with Crippen LogP contribution in [0, 0.1) is 0 Å². The summed E-state index contributed by atoms with van der Waals surface area (Å²) in [5.74, 6) is -0.388. The highest BCUT2D eigenvalue weighted by Gasteiger charge is 2.20. The van der Waals surface area contributed by atoms with E-state index >= 15 is 0 Å². The van der Waals surface area contributed by atoms with Crippen molar-refractivity contribution in [1.29, 1.82) is 0 Å². The molecule has 1 N–H and O–H groups in total. The highest BCUT2D eigenvalue weighted by Crippen LogP contribution is 2.19. The summed E-state index contributed by atoms with van der Waals surface area (Å²) < 4.78 is 3.10. The van der Waals surface area contributed by atoms with E-state index in [0.29, 0.717) is 18.3 Å². The van der Waals surface area contributed by atoms with Gasteiger partial charge in [0.05, 0.1) is 12.7 Å². The zero-order valence-corrected chi connectivity index (χ0v) is 10.9. The molecule has 1 unspecified atom stereocenters. The van der Waals surface area contributed by atoms with Crippen molar-refractivity contribution in [3.05, 3.63) is 35.4 Å². The fraction of sp³-hybridized carbons (Fsp3) is 0.333. The third kappa shape index (κ3) is 4.28. The standard InChI is InChI=1S/C12H13BrO4/c1-17-11(15)10-4-2-9(3-5-10)6-7-12(13,16)8-14/h2-5,8,16H,6-7H2,1H3. The molecule has 0 saturated heterocycles. The van der Waals surface area contributed by atoms with Gasteiger partial charge in [0.2, 0.25) is 0 Å². The number of rotatable bonds is 5. The predicted octanol–water partition coefficient (Wildman–Crippen LogP) is 1.69. The van der Waals surface area contributed by atoms with Gasteiger partial charge >= 0.3 is 5.97 Å². The molecule has 0 radical (unpaired) electrons. The molecular formula is C12H13BrO4. The Balaban J connectivity index is 2.63. The second kappa shape index (κ2) is 5.93. The summed E-state index contributed by atoms with van der Waals surface area (Å²) >= 11 is 2.90.